The van der Waals surface area contributed by atoms with Gasteiger partial charge in [0, 0.05) is 47.1 Å². The van der Waals surface area contributed by atoms with Gasteiger partial charge in [-0.05, 0) is 48.0 Å². The number of benzene rings is 2. The van der Waals surface area contributed by atoms with Crippen molar-refractivity contribution in [2.24, 2.45) is 4.99 Å². The van der Waals surface area contributed by atoms with Crippen molar-refractivity contribution >= 4 is 40.4 Å². The molecule has 0 fully saturated rings. The first kappa shape index (κ1) is 20.2. The molecule has 0 spiro atoms. The number of halogens is 1. The average molecular weight is 446 g/mol. The lowest BCUT2D eigenvalue weighted by Gasteiger charge is -2.15. The standard InChI is InChI=1S/C25H20ClN3O3/c1-31-19-7-8-22-20(13-19)21(15-29(22)14-17-3-5-18(26)6-4-17)25(30)23-9-10-24(32-23)28-12-2-11-27-16-28/h2-13,15H,14,16H2,1H3. The number of nitrogens with zero attached hydrogens (tertiary/aromatic N) is 3. The number of ether oxygens (including phenoxy) is 1. The molecule has 5 rings (SSSR count). The molecule has 0 amide bonds. The minimum Gasteiger partial charge on any atom is -0.497 e. The van der Waals surface area contributed by atoms with Crippen LogP contribution in [-0.2, 0) is 6.54 Å². The van der Waals surface area contributed by atoms with Crippen molar-refractivity contribution in [3.05, 3.63) is 95.0 Å². The number of aliphatic imine (C=N–C) groups is 1. The third kappa shape index (κ3) is 3.81. The van der Waals surface area contributed by atoms with Gasteiger partial charge in [0.25, 0.3) is 0 Å². The van der Waals surface area contributed by atoms with Crippen LogP contribution < -0.4 is 9.64 Å². The maximum Gasteiger partial charge on any atom is 0.230 e. The number of hydrogen-bond acceptors (Lipinski definition) is 5. The molecule has 0 atom stereocenters. The number of aromatic nitrogens is 1. The molecule has 7 heteroatoms. The molecule has 0 bridgehead atoms. The predicted octanol–water partition coefficient (Wildman–Crippen LogP) is 5.54. The van der Waals surface area contributed by atoms with E-state index in [1.54, 1.807) is 25.5 Å². The molecule has 4 aromatic rings. The lowest BCUT2D eigenvalue weighted by atomic mass is 10.1. The Kier molecular flexibility index (Phi) is 5.29. The van der Waals surface area contributed by atoms with Crippen molar-refractivity contribution in [1.29, 1.82) is 0 Å². The highest BCUT2D eigenvalue weighted by Gasteiger charge is 2.21. The van der Waals surface area contributed by atoms with E-state index in [1.165, 1.54) is 0 Å². The number of anilines is 1. The Morgan fingerprint density at radius 1 is 1.16 bits per heavy atom. The zero-order valence-electron chi connectivity index (χ0n) is 17.4. The summed E-state index contributed by atoms with van der Waals surface area (Å²) in [5.41, 5.74) is 2.57. The summed E-state index contributed by atoms with van der Waals surface area (Å²) in [5.74, 6) is 1.35. The van der Waals surface area contributed by atoms with E-state index in [9.17, 15) is 4.79 Å². The van der Waals surface area contributed by atoms with Crippen molar-refractivity contribution in [3.63, 3.8) is 0 Å². The van der Waals surface area contributed by atoms with Crippen LogP contribution in [0.15, 0.2) is 82.5 Å². The van der Waals surface area contributed by atoms with E-state index in [0.29, 0.717) is 35.4 Å². The Labute approximate surface area is 190 Å². The monoisotopic (exact) mass is 445 g/mol. The molecule has 0 saturated carbocycles. The third-order valence-electron chi connectivity index (χ3n) is 5.39. The molecule has 0 N–H and O–H groups in total. The molecule has 2 aromatic carbocycles. The summed E-state index contributed by atoms with van der Waals surface area (Å²) in [6.45, 7) is 1.06. The van der Waals surface area contributed by atoms with Crippen LogP contribution in [0.25, 0.3) is 10.9 Å². The van der Waals surface area contributed by atoms with Gasteiger partial charge in [-0.3, -0.25) is 14.7 Å². The van der Waals surface area contributed by atoms with E-state index in [2.05, 4.69) is 9.56 Å². The van der Waals surface area contributed by atoms with Gasteiger partial charge >= 0.3 is 0 Å². The number of fused-ring (bicyclic) bond motifs is 1. The third-order valence-corrected chi connectivity index (χ3v) is 5.64. The number of allylic oxidation sites excluding steroid dienone is 1. The summed E-state index contributed by atoms with van der Waals surface area (Å²) in [6, 6.07) is 16.9. The fraction of sp³-hybridized carbons (Fsp3) is 0.120. The molecule has 32 heavy (non-hydrogen) atoms. The van der Waals surface area contributed by atoms with Gasteiger partial charge < -0.3 is 13.7 Å². The first-order chi connectivity index (χ1) is 15.6. The molecule has 0 radical (unpaired) electrons. The summed E-state index contributed by atoms with van der Waals surface area (Å²) >= 11 is 6.02. The van der Waals surface area contributed by atoms with Crippen molar-refractivity contribution in [2.45, 2.75) is 6.54 Å². The maximum atomic E-state index is 13.4. The second-order valence-electron chi connectivity index (χ2n) is 7.43. The largest absolute Gasteiger partial charge is 0.497 e. The smallest absolute Gasteiger partial charge is 0.230 e. The molecule has 3 heterocycles. The van der Waals surface area contributed by atoms with Gasteiger partial charge in [0.2, 0.25) is 11.7 Å². The number of furan rings is 1. The number of rotatable bonds is 6. The molecule has 0 saturated heterocycles. The minimum absolute atomic E-state index is 0.186. The summed E-state index contributed by atoms with van der Waals surface area (Å²) in [5, 5.41) is 1.50. The minimum atomic E-state index is -0.186. The summed E-state index contributed by atoms with van der Waals surface area (Å²) in [4.78, 5) is 19.5. The highest BCUT2D eigenvalue weighted by Crippen LogP contribution is 2.30. The zero-order valence-corrected chi connectivity index (χ0v) is 18.1. The van der Waals surface area contributed by atoms with Crippen LogP contribution in [0.4, 0.5) is 5.88 Å². The lowest BCUT2D eigenvalue weighted by Crippen LogP contribution is -2.17. The second kappa shape index (κ2) is 8.40. The Bertz CT molecular complexity index is 1350. The fourth-order valence-corrected chi connectivity index (χ4v) is 3.89. The van der Waals surface area contributed by atoms with Gasteiger partial charge in [0.1, 0.15) is 12.4 Å². The summed E-state index contributed by atoms with van der Waals surface area (Å²) in [6.07, 6.45) is 7.29. The lowest BCUT2D eigenvalue weighted by molar-refractivity contribution is 0.101. The van der Waals surface area contributed by atoms with E-state index in [1.807, 2.05) is 65.8 Å². The van der Waals surface area contributed by atoms with Crippen LogP contribution in [0.5, 0.6) is 5.75 Å². The predicted molar refractivity (Wildman–Crippen MR) is 126 cm³/mol. The molecule has 160 valence electrons. The van der Waals surface area contributed by atoms with Gasteiger partial charge in [-0.2, -0.15) is 0 Å². The molecule has 2 aromatic heterocycles. The van der Waals surface area contributed by atoms with Gasteiger partial charge in [-0.15, -0.1) is 0 Å². The van der Waals surface area contributed by atoms with E-state index in [0.717, 1.165) is 16.5 Å². The second-order valence-corrected chi connectivity index (χ2v) is 7.87. The van der Waals surface area contributed by atoms with Crippen LogP contribution in [0.1, 0.15) is 21.7 Å². The average Bonchev–Trinajstić information content (AvgIpc) is 3.46. The Morgan fingerprint density at radius 2 is 2.00 bits per heavy atom. The van der Waals surface area contributed by atoms with Gasteiger partial charge in [-0.25, -0.2) is 0 Å². The van der Waals surface area contributed by atoms with Gasteiger partial charge in [0.15, 0.2) is 5.76 Å². The Morgan fingerprint density at radius 3 is 2.75 bits per heavy atom. The maximum absolute atomic E-state index is 13.4. The molecule has 1 aliphatic rings. The van der Waals surface area contributed by atoms with Gasteiger partial charge in [-0.1, -0.05) is 23.7 Å². The Hall–Kier alpha value is -3.77. The molecule has 1 aliphatic heterocycles. The van der Waals surface area contributed by atoms with Crippen molar-refractivity contribution < 1.29 is 13.9 Å². The molecular weight excluding hydrogens is 426 g/mol. The molecule has 0 unspecified atom stereocenters. The van der Waals surface area contributed by atoms with Crippen molar-refractivity contribution in [2.75, 3.05) is 18.7 Å². The quantitative estimate of drug-likeness (QED) is 0.366. The first-order valence-corrected chi connectivity index (χ1v) is 10.5. The van der Waals surface area contributed by atoms with E-state index in [4.69, 9.17) is 20.8 Å². The molecule has 0 aliphatic carbocycles. The van der Waals surface area contributed by atoms with E-state index in [-0.39, 0.29) is 11.5 Å². The number of methoxy groups -OCH3 is 1. The first-order valence-electron chi connectivity index (χ1n) is 10.1. The van der Waals surface area contributed by atoms with Crippen molar-refractivity contribution in [1.82, 2.24) is 4.57 Å². The van der Waals surface area contributed by atoms with Gasteiger partial charge in [0.05, 0.1) is 12.7 Å². The van der Waals surface area contributed by atoms with Crippen LogP contribution >= 0.6 is 11.6 Å². The molecule has 6 nitrogen and oxygen atoms in total. The normalized spacial score (nSPS) is 13.1. The van der Waals surface area contributed by atoms with Crippen LogP contribution in [0, 0.1) is 0 Å². The number of hydrogen-bond donors (Lipinski definition) is 0. The summed E-state index contributed by atoms with van der Waals surface area (Å²) < 4.78 is 13.3. The topological polar surface area (TPSA) is 60.0 Å². The highest BCUT2D eigenvalue weighted by atomic mass is 35.5. The fourth-order valence-electron chi connectivity index (χ4n) is 3.77. The SMILES string of the molecule is COc1ccc2c(c1)c(C(=O)c1ccc(N3C=CC=NC3)o1)cn2Cc1ccc(Cl)cc1. The highest BCUT2D eigenvalue weighted by molar-refractivity contribution is 6.30. The van der Waals surface area contributed by atoms with Crippen LogP contribution in [0.3, 0.4) is 0 Å². The van der Waals surface area contributed by atoms with E-state index < -0.39 is 0 Å². The molecular formula is C25H20ClN3O3. The van der Waals surface area contributed by atoms with E-state index >= 15 is 0 Å². The Balaban J connectivity index is 1.53. The van der Waals surface area contributed by atoms with Crippen LogP contribution in [-0.4, -0.2) is 30.3 Å². The number of carbonyl (C=O) groups is 1. The van der Waals surface area contributed by atoms with Crippen molar-refractivity contribution in [3.8, 4) is 5.75 Å². The number of ketones is 1. The summed E-state index contributed by atoms with van der Waals surface area (Å²) in [7, 11) is 1.61. The van der Waals surface area contributed by atoms with Crippen LogP contribution in [0.2, 0.25) is 5.02 Å². The number of carbonyl (C=O) groups excluding carboxylic acids is 1. The zero-order chi connectivity index (χ0) is 22.1.